The van der Waals surface area contributed by atoms with Crippen molar-refractivity contribution in [2.24, 2.45) is 0 Å². The number of benzene rings is 2. The molecule has 0 aromatic heterocycles. The van der Waals surface area contributed by atoms with Crippen molar-refractivity contribution in [1.29, 1.82) is 0 Å². The van der Waals surface area contributed by atoms with Crippen LogP contribution in [0.5, 0.6) is 0 Å². The molecule has 2 aromatic rings. The minimum Gasteiger partial charge on any atom is -0.343 e. The standard InChI is InChI=1S/C19H21ClF3N3O3S/c1-26(2)17(15-5-3-4-6-16(15)20)11-25-30(28,29)14-9-7-13(8-10-14)18(27)24-12-19(21,22)23/h3-10,17,25H,11-12H2,1-2H3,(H,24,27). The molecule has 6 nitrogen and oxygen atoms in total. The predicted octanol–water partition coefficient (Wildman–Crippen LogP) is 3.21. The van der Waals surface area contributed by atoms with Crippen LogP contribution in [0.4, 0.5) is 13.2 Å². The fraction of sp³-hybridized carbons (Fsp3) is 0.316. The van der Waals surface area contributed by atoms with Crippen LogP contribution in [0.2, 0.25) is 5.02 Å². The van der Waals surface area contributed by atoms with Crippen molar-refractivity contribution in [2.45, 2.75) is 17.1 Å². The number of alkyl halides is 3. The molecule has 0 fully saturated rings. The summed E-state index contributed by atoms with van der Waals surface area (Å²) in [4.78, 5) is 13.4. The molecule has 0 spiro atoms. The lowest BCUT2D eigenvalue weighted by Crippen LogP contribution is -2.35. The van der Waals surface area contributed by atoms with Crippen LogP contribution in [0.3, 0.4) is 0 Å². The number of amides is 1. The highest BCUT2D eigenvalue weighted by Gasteiger charge is 2.28. The number of halogens is 4. The number of nitrogens with one attached hydrogen (secondary N) is 2. The molecule has 0 aliphatic heterocycles. The van der Waals surface area contributed by atoms with E-state index in [0.29, 0.717) is 5.02 Å². The van der Waals surface area contributed by atoms with E-state index in [9.17, 15) is 26.4 Å². The molecule has 0 radical (unpaired) electrons. The maximum Gasteiger partial charge on any atom is 0.405 e. The zero-order valence-electron chi connectivity index (χ0n) is 16.2. The number of likely N-dealkylation sites (N-methyl/N-ethyl adjacent to an activating group) is 1. The summed E-state index contributed by atoms with van der Waals surface area (Å²) >= 11 is 6.22. The van der Waals surface area contributed by atoms with Crippen LogP contribution < -0.4 is 10.0 Å². The van der Waals surface area contributed by atoms with Gasteiger partial charge in [0, 0.05) is 23.2 Å². The van der Waals surface area contributed by atoms with Crippen LogP contribution >= 0.6 is 11.6 Å². The Morgan fingerprint density at radius 1 is 1.10 bits per heavy atom. The van der Waals surface area contributed by atoms with E-state index < -0.39 is 28.7 Å². The highest BCUT2D eigenvalue weighted by molar-refractivity contribution is 7.89. The Hall–Kier alpha value is -2.14. The Balaban J connectivity index is 2.09. The molecule has 0 saturated carbocycles. The Morgan fingerprint density at radius 2 is 1.70 bits per heavy atom. The van der Waals surface area contributed by atoms with E-state index >= 15 is 0 Å². The van der Waals surface area contributed by atoms with Gasteiger partial charge in [0.05, 0.1) is 4.90 Å². The third kappa shape index (κ3) is 6.69. The van der Waals surface area contributed by atoms with E-state index in [1.807, 2.05) is 4.90 Å². The zero-order chi connectivity index (χ0) is 22.5. The largest absolute Gasteiger partial charge is 0.405 e. The smallest absolute Gasteiger partial charge is 0.343 e. The van der Waals surface area contributed by atoms with Crippen LogP contribution in [0.25, 0.3) is 0 Å². The van der Waals surface area contributed by atoms with Crippen molar-refractivity contribution < 1.29 is 26.4 Å². The van der Waals surface area contributed by atoms with E-state index in [2.05, 4.69) is 4.72 Å². The average Bonchev–Trinajstić information content (AvgIpc) is 2.67. The van der Waals surface area contributed by atoms with Crippen LogP contribution in [-0.4, -0.2) is 52.6 Å². The summed E-state index contributed by atoms with van der Waals surface area (Å²) in [7, 11) is -0.342. The number of rotatable bonds is 8. The van der Waals surface area contributed by atoms with Gasteiger partial charge in [0.25, 0.3) is 5.91 Å². The van der Waals surface area contributed by atoms with E-state index in [1.54, 1.807) is 43.7 Å². The Morgan fingerprint density at radius 3 is 2.23 bits per heavy atom. The van der Waals surface area contributed by atoms with E-state index in [4.69, 9.17) is 11.6 Å². The maximum atomic E-state index is 12.6. The van der Waals surface area contributed by atoms with Gasteiger partial charge >= 0.3 is 6.18 Å². The minimum absolute atomic E-state index is 0.0346. The number of carbonyl (C=O) groups is 1. The lowest BCUT2D eigenvalue weighted by Gasteiger charge is -2.26. The maximum absolute atomic E-state index is 12.6. The Bertz CT molecular complexity index is 981. The molecule has 0 bridgehead atoms. The fourth-order valence-corrected chi connectivity index (χ4v) is 3.96. The number of carbonyl (C=O) groups excluding carboxylic acids is 1. The molecule has 30 heavy (non-hydrogen) atoms. The molecule has 11 heteroatoms. The Labute approximate surface area is 178 Å². The lowest BCUT2D eigenvalue weighted by atomic mass is 10.1. The molecule has 0 aliphatic carbocycles. The second-order valence-corrected chi connectivity index (χ2v) is 8.85. The van der Waals surface area contributed by atoms with Gasteiger partial charge in [0.2, 0.25) is 10.0 Å². The van der Waals surface area contributed by atoms with E-state index in [-0.39, 0.29) is 23.0 Å². The first-order chi connectivity index (χ1) is 13.9. The second-order valence-electron chi connectivity index (χ2n) is 6.68. The van der Waals surface area contributed by atoms with Gasteiger partial charge in [-0.05, 0) is 50.0 Å². The molecule has 0 saturated heterocycles. The summed E-state index contributed by atoms with van der Waals surface area (Å²) in [5, 5.41) is 2.23. The summed E-state index contributed by atoms with van der Waals surface area (Å²) in [6.07, 6.45) is -4.53. The molecule has 1 unspecified atom stereocenters. The highest BCUT2D eigenvalue weighted by Crippen LogP contribution is 2.26. The third-order valence-electron chi connectivity index (χ3n) is 4.23. The van der Waals surface area contributed by atoms with Gasteiger partial charge in [0.15, 0.2) is 0 Å². The Kier molecular flexibility index (Phi) is 7.87. The molecule has 2 N–H and O–H groups in total. The van der Waals surface area contributed by atoms with Crippen LogP contribution in [0, 0.1) is 0 Å². The van der Waals surface area contributed by atoms with Gasteiger partial charge in [-0.2, -0.15) is 13.2 Å². The minimum atomic E-state index is -4.53. The van der Waals surface area contributed by atoms with Gasteiger partial charge < -0.3 is 10.2 Å². The van der Waals surface area contributed by atoms with Gasteiger partial charge in [-0.1, -0.05) is 29.8 Å². The summed E-state index contributed by atoms with van der Waals surface area (Å²) in [5.41, 5.74) is 0.670. The van der Waals surface area contributed by atoms with Crippen LogP contribution in [0.15, 0.2) is 53.4 Å². The van der Waals surface area contributed by atoms with Crippen LogP contribution in [0.1, 0.15) is 22.0 Å². The number of hydrogen-bond acceptors (Lipinski definition) is 4. The van der Waals surface area contributed by atoms with Crippen molar-refractivity contribution in [3.8, 4) is 0 Å². The SMILES string of the molecule is CN(C)C(CNS(=O)(=O)c1ccc(C(=O)NCC(F)(F)F)cc1)c1ccccc1Cl. The zero-order valence-corrected chi connectivity index (χ0v) is 17.8. The molecular formula is C19H21ClF3N3O3S. The first kappa shape index (κ1) is 24.1. The normalized spacial score (nSPS) is 13.3. The first-order valence-electron chi connectivity index (χ1n) is 8.76. The van der Waals surface area contributed by atoms with Crippen LogP contribution in [-0.2, 0) is 10.0 Å². The molecule has 2 rings (SSSR count). The van der Waals surface area contributed by atoms with Crippen molar-refractivity contribution >= 4 is 27.5 Å². The number of sulfonamides is 1. The molecule has 0 heterocycles. The van der Waals surface area contributed by atoms with Crippen molar-refractivity contribution in [3.05, 3.63) is 64.7 Å². The molecule has 0 aliphatic rings. The third-order valence-corrected chi connectivity index (χ3v) is 6.01. The van der Waals surface area contributed by atoms with Gasteiger partial charge in [-0.15, -0.1) is 0 Å². The van der Waals surface area contributed by atoms with Crippen molar-refractivity contribution in [1.82, 2.24) is 14.9 Å². The van der Waals surface area contributed by atoms with E-state index in [0.717, 1.165) is 29.8 Å². The topological polar surface area (TPSA) is 78.5 Å². The highest BCUT2D eigenvalue weighted by atomic mass is 35.5. The quantitative estimate of drug-likeness (QED) is 0.630. The van der Waals surface area contributed by atoms with Crippen molar-refractivity contribution in [3.63, 3.8) is 0 Å². The van der Waals surface area contributed by atoms with E-state index in [1.165, 1.54) is 0 Å². The summed E-state index contributed by atoms with van der Waals surface area (Å²) in [6, 6.07) is 11.4. The second kappa shape index (κ2) is 9.78. The molecule has 1 amide bonds. The first-order valence-corrected chi connectivity index (χ1v) is 10.6. The molecular weight excluding hydrogens is 443 g/mol. The predicted molar refractivity (Wildman–Crippen MR) is 108 cm³/mol. The van der Waals surface area contributed by atoms with Gasteiger partial charge in [-0.25, -0.2) is 13.1 Å². The number of nitrogens with zero attached hydrogens (tertiary/aromatic N) is 1. The molecule has 164 valence electrons. The monoisotopic (exact) mass is 463 g/mol. The van der Waals surface area contributed by atoms with Gasteiger partial charge in [-0.3, -0.25) is 4.79 Å². The average molecular weight is 464 g/mol. The summed E-state index contributed by atoms with van der Waals surface area (Å²) < 4.78 is 64.3. The number of hydrogen-bond donors (Lipinski definition) is 2. The molecule has 2 aromatic carbocycles. The van der Waals surface area contributed by atoms with Crippen molar-refractivity contribution in [2.75, 3.05) is 27.2 Å². The molecule has 1 atom stereocenters. The fourth-order valence-electron chi connectivity index (χ4n) is 2.66. The lowest BCUT2D eigenvalue weighted by molar-refractivity contribution is -0.123. The summed E-state index contributed by atoms with van der Waals surface area (Å²) in [6.45, 7) is -1.44. The van der Waals surface area contributed by atoms with Gasteiger partial charge in [0.1, 0.15) is 6.54 Å². The summed E-state index contributed by atoms with van der Waals surface area (Å²) in [5.74, 6) is -0.948.